The SMILES string of the molecule is COc1ccc([C@@H](NC(=O)CN2CCCCC2=O)C2CC(O)C2)cn1. The standard InChI is InChI=1S/C18H25N3O4/c1-25-16-6-5-12(10-19-16)18(13-8-14(22)9-13)20-15(23)11-21-7-3-2-4-17(21)24/h5-6,10,13-14,18,22H,2-4,7-9,11H2,1H3,(H,20,23)/t13?,14?,18-/m1/s1. The zero-order valence-electron chi connectivity index (χ0n) is 14.5. The van der Waals surface area contributed by atoms with Gasteiger partial charge in [-0.05, 0) is 37.2 Å². The third-order valence-electron chi connectivity index (χ3n) is 5.02. The van der Waals surface area contributed by atoms with Gasteiger partial charge in [-0.25, -0.2) is 4.98 Å². The van der Waals surface area contributed by atoms with Crippen LogP contribution in [0.15, 0.2) is 18.3 Å². The number of likely N-dealkylation sites (tertiary alicyclic amines) is 1. The molecule has 2 aliphatic rings. The molecule has 2 amide bonds. The lowest BCUT2D eigenvalue weighted by Crippen LogP contribution is -2.47. The summed E-state index contributed by atoms with van der Waals surface area (Å²) in [5.41, 5.74) is 0.885. The van der Waals surface area contributed by atoms with Crippen molar-refractivity contribution in [3.05, 3.63) is 23.9 Å². The number of piperidine rings is 1. The summed E-state index contributed by atoms with van der Waals surface area (Å²) in [6, 6.07) is 3.43. The van der Waals surface area contributed by atoms with Crippen molar-refractivity contribution < 1.29 is 19.4 Å². The van der Waals surface area contributed by atoms with Crippen LogP contribution in [0, 0.1) is 5.92 Å². The molecule has 0 unspecified atom stereocenters. The minimum atomic E-state index is -0.306. The van der Waals surface area contributed by atoms with Gasteiger partial charge in [0.2, 0.25) is 17.7 Å². The fourth-order valence-corrected chi connectivity index (χ4v) is 3.49. The number of aliphatic hydroxyl groups is 1. The first kappa shape index (κ1) is 17.7. The molecule has 136 valence electrons. The predicted molar refractivity (Wildman–Crippen MR) is 90.8 cm³/mol. The van der Waals surface area contributed by atoms with E-state index < -0.39 is 0 Å². The number of rotatable bonds is 6. The number of methoxy groups -OCH3 is 1. The molecule has 1 saturated heterocycles. The molecule has 0 aromatic carbocycles. The van der Waals surface area contributed by atoms with Crippen molar-refractivity contribution >= 4 is 11.8 Å². The lowest BCUT2D eigenvalue weighted by molar-refractivity contribution is -0.138. The number of aromatic nitrogens is 1. The summed E-state index contributed by atoms with van der Waals surface area (Å²) in [7, 11) is 1.55. The Hall–Kier alpha value is -2.15. The second-order valence-electron chi connectivity index (χ2n) is 6.84. The first-order valence-corrected chi connectivity index (χ1v) is 8.82. The molecule has 25 heavy (non-hydrogen) atoms. The summed E-state index contributed by atoms with van der Waals surface area (Å²) in [4.78, 5) is 30.2. The summed E-state index contributed by atoms with van der Waals surface area (Å²) < 4.78 is 5.08. The number of pyridine rings is 1. The Balaban J connectivity index is 1.66. The van der Waals surface area contributed by atoms with Crippen LogP contribution >= 0.6 is 0 Å². The summed E-state index contributed by atoms with van der Waals surface area (Å²) in [5, 5.41) is 12.7. The molecule has 1 aromatic rings. The molecule has 0 radical (unpaired) electrons. The molecule has 2 fully saturated rings. The van der Waals surface area contributed by atoms with Crippen LogP contribution in [0.3, 0.4) is 0 Å². The van der Waals surface area contributed by atoms with Crippen LogP contribution in [0.5, 0.6) is 5.88 Å². The predicted octanol–water partition coefficient (Wildman–Crippen LogP) is 1.03. The van der Waals surface area contributed by atoms with Crippen LogP contribution in [0.25, 0.3) is 0 Å². The zero-order chi connectivity index (χ0) is 17.8. The Morgan fingerprint density at radius 3 is 2.84 bits per heavy atom. The summed E-state index contributed by atoms with van der Waals surface area (Å²) in [6.45, 7) is 0.733. The van der Waals surface area contributed by atoms with Gasteiger partial charge in [0, 0.05) is 25.2 Å². The normalized spacial score (nSPS) is 24.4. The molecule has 1 aromatic heterocycles. The maximum absolute atomic E-state index is 12.5. The minimum absolute atomic E-state index is 0.0446. The van der Waals surface area contributed by atoms with Crippen LogP contribution in [0.4, 0.5) is 0 Å². The van der Waals surface area contributed by atoms with Crippen LogP contribution in [-0.4, -0.2) is 53.1 Å². The molecule has 1 aliphatic heterocycles. The van der Waals surface area contributed by atoms with E-state index in [1.165, 1.54) is 0 Å². The molecular formula is C18H25N3O4. The topological polar surface area (TPSA) is 91.8 Å². The Labute approximate surface area is 147 Å². The van der Waals surface area contributed by atoms with Gasteiger partial charge in [0.05, 0.1) is 25.8 Å². The van der Waals surface area contributed by atoms with E-state index in [2.05, 4.69) is 10.3 Å². The fraction of sp³-hybridized carbons (Fsp3) is 0.611. The molecular weight excluding hydrogens is 322 g/mol. The Morgan fingerprint density at radius 2 is 2.24 bits per heavy atom. The molecule has 3 rings (SSSR count). The van der Waals surface area contributed by atoms with Crippen molar-refractivity contribution in [2.75, 3.05) is 20.2 Å². The number of amides is 2. The van der Waals surface area contributed by atoms with E-state index in [1.807, 2.05) is 6.07 Å². The van der Waals surface area contributed by atoms with Gasteiger partial charge in [-0.2, -0.15) is 0 Å². The minimum Gasteiger partial charge on any atom is -0.481 e. The molecule has 7 heteroatoms. The van der Waals surface area contributed by atoms with Gasteiger partial charge >= 0.3 is 0 Å². The fourth-order valence-electron chi connectivity index (χ4n) is 3.49. The van der Waals surface area contributed by atoms with Crippen molar-refractivity contribution in [1.29, 1.82) is 0 Å². The highest BCUT2D eigenvalue weighted by molar-refractivity contribution is 5.85. The molecule has 7 nitrogen and oxygen atoms in total. The van der Waals surface area contributed by atoms with Gasteiger partial charge in [-0.15, -0.1) is 0 Å². The second-order valence-corrected chi connectivity index (χ2v) is 6.84. The van der Waals surface area contributed by atoms with Crippen molar-refractivity contribution in [3.63, 3.8) is 0 Å². The highest BCUT2D eigenvalue weighted by Crippen LogP contribution is 2.38. The smallest absolute Gasteiger partial charge is 0.240 e. The molecule has 0 bridgehead atoms. The van der Waals surface area contributed by atoms with E-state index in [1.54, 1.807) is 24.3 Å². The van der Waals surface area contributed by atoms with Gasteiger partial charge in [0.25, 0.3) is 0 Å². The molecule has 1 atom stereocenters. The average molecular weight is 347 g/mol. The van der Waals surface area contributed by atoms with E-state index in [-0.39, 0.29) is 36.4 Å². The van der Waals surface area contributed by atoms with Gasteiger partial charge < -0.3 is 20.1 Å². The highest BCUT2D eigenvalue weighted by Gasteiger charge is 2.36. The molecule has 2 N–H and O–H groups in total. The van der Waals surface area contributed by atoms with Crippen LogP contribution in [0.2, 0.25) is 0 Å². The number of hydrogen-bond donors (Lipinski definition) is 2. The van der Waals surface area contributed by atoms with Crippen molar-refractivity contribution in [2.24, 2.45) is 5.92 Å². The van der Waals surface area contributed by atoms with Gasteiger partial charge in [-0.1, -0.05) is 6.07 Å². The maximum Gasteiger partial charge on any atom is 0.240 e. The number of ether oxygens (including phenoxy) is 1. The van der Waals surface area contributed by atoms with Gasteiger partial charge in [-0.3, -0.25) is 9.59 Å². The third-order valence-corrected chi connectivity index (χ3v) is 5.02. The molecule has 2 heterocycles. The van der Waals surface area contributed by atoms with E-state index in [0.717, 1.165) is 18.4 Å². The number of hydrogen-bond acceptors (Lipinski definition) is 5. The zero-order valence-corrected chi connectivity index (χ0v) is 14.5. The monoisotopic (exact) mass is 347 g/mol. The molecule has 0 spiro atoms. The van der Waals surface area contributed by atoms with Crippen LogP contribution in [0.1, 0.15) is 43.7 Å². The van der Waals surface area contributed by atoms with Crippen molar-refractivity contribution in [3.8, 4) is 5.88 Å². The average Bonchev–Trinajstić information content (AvgIpc) is 2.59. The van der Waals surface area contributed by atoms with E-state index in [4.69, 9.17) is 4.74 Å². The number of aliphatic hydroxyl groups excluding tert-OH is 1. The number of nitrogens with one attached hydrogen (secondary N) is 1. The molecule has 1 saturated carbocycles. The summed E-state index contributed by atoms with van der Waals surface area (Å²) >= 11 is 0. The lowest BCUT2D eigenvalue weighted by Gasteiger charge is -2.38. The number of carbonyl (C=O) groups is 2. The number of carbonyl (C=O) groups excluding carboxylic acids is 2. The van der Waals surface area contributed by atoms with Gasteiger partial charge in [0.15, 0.2) is 0 Å². The first-order valence-electron chi connectivity index (χ1n) is 8.82. The van der Waals surface area contributed by atoms with E-state index >= 15 is 0 Å². The molecule has 1 aliphatic carbocycles. The Morgan fingerprint density at radius 1 is 1.44 bits per heavy atom. The van der Waals surface area contributed by atoms with Crippen molar-refractivity contribution in [1.82, 2.24) is 15.2 Å². The lowest BCUT2D eigenvalue weighted by atomic mass is 9.75. The van der Waals surface area contributed by atoms with Crippen molar-refractivity contribution in [2.45, 2.75) is 44.2 Å². The van der Waals surface area contributed by atoms with Crippen LogP contribution < -0.4 is 10.1 Å². The highest BCUT2D eigenvalue weighted by atomic mass is 16.5. The third kappa shape index (κ3) is 4.28. The van der Waals surface area contributed by atoms with E-state index in [9.17, 15) is 14.7 Å². The van der Waals surface area contributed by atoms with Crippen LogP contribution in [-0.2, 0) is 9.59 Å². The maximum atomic E-state index is 12.5. The Kier molecular flexibility index (Phi) is 5.53. The second kappa shape index (κ2) is 7.82. The first-order chi connectivity index (χ1) is 12.1. The van der Waals surface area contributed by atoms with E-state index in [0.29, 0.717) is 31.7 Å². The summed E-state index contributed by atoms with van der Waals surface area (Å²) in [6.07, 6.45) is 5.06. The summed E-state index contributed by atoms with van der Waals surface area (Å²) in [5.74, 6) is 0.563. The number of nitrogens with zero attached hydrogens (tertiary/aromatic N) is 2. The Bertz CT molecular complexity index is 613. The largest absolute Gasteiger partial charge is 0.481 e. The quantitative estimate of drug-likeness (QED) is 0.802. The van der Waals surface area contributed by atoms with Gasteiger partial charge in [0.1, 0.15) is 0 Å².